The van der Waals surface area contributed by atoms with Crippen LogP contribution in [-0.4, -0.2) is 44.3 Å². The summed E-state index contributed by atoms with van der Waals surface area (Å²) in [6, 6.07) is 4.85. The number of hydrogen-bond acceptors (Lipinski definition) is 4. The van der Waals surface area contributed by atoms with E-state index in [4.69, 9.17) is 5.73 Å². The van der Waals surface area contributed by atoms with Crippen molar-refractivity contribution in [2.75, 3.05) is 19.6 Å². The van der Waals surface area contributed by atoms with Crippen LogP contribution in [-0.2, 0) is 16.4 Å². The number of piperidine rings is 1. The number of hydrogen-bond donors (Lipinski definition) is 2. The summed E-state index contributed by atoms with van der Waals surface area (Å²) in [5, 5.41) is 2.75. The number of rotatable bonds is 3. The molecule has 1 aromatic carbocycles. The number of amides is 1. The van der Waals surface area contributed by atoms with Crippen molar-refractivity contribution in [2.45, 2.75) is 37.1 Å². The molecule has 0 aliphatic carbocycles. The van der Waals surface area contributed by atoms with Gasteiger partial charge in [0.1, 0.15) is 0 Å². The van der Waals surface area contributed by atoms with Gasteiger partial charge < -0.3 is 11.1 Å². The molecule has 2 heterocycles. The zero-order chi connectivity index (χ0) is 16.6. The molecule has 0 saturated carbocycles. The van der Waals surface area contributed by atoms with Crippen molar-refractivity contribution in [3.63, 3.8) is 0 Å². The van der Waals surface area contributed by atoms with Crippen LogP contribution < -0.4 is 11.1 Å². The van der Waals surface area contributed by atoms with Gasteiger partial charge in [-0.3, -0.25) is 4.79 Å². The molecule has 2 atom stereocenters. The van der Waals surface area contributed by atoms with Crippen molar-refractivity contribution in [2.24, 2.45) is 11.7 Å². The predicted octanol–water partition coefficient (Wildman–Crippen LogP) is 0.720. The van der Waals surface area contributed by atoms with Crippen molar-refractivity contribution in [3.8, 4) is 0 Å². The van der Waals surface area contributed by atoms with Gasteiger partial charge in [0.05, 0.1) is 4.90 Å². The molecular weight excluding hydrogens is 314 g/mol. The first-order valence-electron chi connectivity index (χ1n) is 8.06. The Morgan fingerprint density at radius 3 is 2.91 bits per heavy atom. The second-order valence-corrected chi connectivity index (χ2v) is 8.39. The summed E-state index contributed by atoms with van der Waals surface area (Å²) in [4.78, 5) is 12.1. The van der Waals surface area contributed by atoms with Gasteiger partial charge in [-0.25, -0.2) is 8.42 Å². The van der Waals surface area contributed by atoms with Crippen molar-refractivity contribution in [1.82, 2.24) is 9.62 Å². The first kappa shape index (κ1) is 16.4. The van der Waals surface area contributed by atoms with Crippen molar-refractivity contribution in [1.29, 1.82) is 0 Å². The van der Waals surface area contributed by atoms with Crippen LogP contribution in [0.15, 0.2) is 23.1 Å². The smallest absolute Gasteiger partial charge is 0.251 e. The number of fused-ring (bicyclic) bond motifs is 1. The largest absolute Gasteiger partial charge is 0.352 e. The lowest BCUT2D eigenvalue weighted by molar-refractivity contribution is 0.0945. The van der Waals surface area contributed by atoms with E-state index >= 15 is 0 Å². The number of nitrogens with one attached hydrogen (secondary N) is 1. The second-order valence-electron chi connectivity index (χ2n) is 6.45. The van der Waals surface area contributed by atoms with E-state index < -0.39 is 10.0 Å². The van der Waals surface area contributed by atoms with E-state index in [1.165, 1.54) is 10.4 Å². The summed E-state index contributed by atoms with van der Waals surface area (Å²) < 4.78 is 27.3. The summed E-state index contributed by atoms with van der Waals surface area (Å²) in [6.07, 6.45) is 2.50. The average molecular weight is 337 g/mol. The quantitative estimate of drug-likeness (QED) is 0.850. The van der Waals surface area contributed by atoms with Crippen LogP contribution in [0.25, 0.3) is 0 Å². The molecule has 2 aliphatic heterocycles. The van der Waals surface area contributed by atoms with E-state index in [-0.39, 0.29) is 22.8 Å². The van der Waals surface area contributed by atoms with Gasteiger partial charge in [-0.2, -0.15) is 4.31 Å². The van der Waals surface area contributed by atoms with Crippen LogP contribution in [0.2, 0.25) is 0 Å². The minimum Gasteiger partial charge on any atom is -0.352 e. The van der Waals surface area contributed by atoms with Gasteiger partial charge in [0.15, 0.2) is 0 Å². The first-order chi connectivity index (χ1) is 10.9. The van der Waals surface area contributed by atoms with Crippen LogP contribution in [0.3, 0.4) is 0 Å². The molecule has 23 heavy (non-hydrogen) atoms. The molecule has 7 heteroatoms. The average Bonchev–Trinajstić information content (AvgIpc) is 2.55. The Balaban J connectivity index is 1.91. The lowest BCUT2D eigenvalue weighted by Gasteiger charge is -2.34. The van der Waals surface area contributed by atoms with Crippen LogP contribution in [0.1, 0.15) is 35.7 Å². The standard InChI is InChI=1S/C16H23N3O3S/c1-11(17)13-3-2-8-19(10-13)23(21,22)14-5-4-12-6-7-18-16(20)15(12)9-14/h4-5,9,11,13H,2-3,6-8,10,17H2,1H3,(H,18,20). The molecule has 3 rings (SSSR count). The highest BCUT2D eigenvalue weighted by Crippen LogP contribution is 2.27. The Kier molecular flexibility index (Phi) is 4.44. The zero-order valence-electron chi connectivity index (χ0n) is 13.3. The van der Waals surface area contributed by atoms with Gasteiger partial charge in [0.2, 0.25) is 10.0 Å². The van der Waals surface area contributed by atoms with Gasteiger partial charge in [0.25, 0.3) is 5.91 Å². The molecule has 0 aromatic heterocycles. The van der Waals surface area contributed by atoms with E-state index in [0.717, 1.165) is 24.8 Å². The van der Waals surface area contributed by atoms with Gasteiger partial charge in [0, 0.05) is 31.2 Å². The lowest BCUT2D eigenvalue weighted by atomic mass is 9.93. The van der Waals surface area contributed by atoms with Crippen LogP contribution in [0.5, 0.6) is 0 Å². The lowest BCUT2D eigenvalue weighted by Crippen LogP contribution is -2.45. The van der Waals surface area contributed by atoms with Crippen molar-refractivity contribution in [3.05, 3.63) is 29.3 Å². The molecule has 2 unspecified atom stereocenters. The van der Waals surface area contributed by atoms with E-state index in [9.17, 15) is 13.2 Å². The summed E-state index contributed by atoms with van der Waals surface area (Å²) in [6.45, 7) is 3.47. The molecule has 1 amide bonds. The highest BCUT2D eigenvalue weighted by molar-refractivity contribution is 7.89. The van der Waals surface area contributed by atoms with Gasteiger partial charge in [-0.05, 0) is 49.8 Å². The molecular formula is C16H23N3O3S. The van der Waals surface area contributed by atoms with E-state index in [1.807, 2.05) is 6.92 Å². The maximum Gasteiger partial charge on any atom is 0.251 e. The van der Waals surface area contributed by atoms with E-state index in [2.05, 4.69) is 5.32 Å². The molecule has 0 radical (unpaired) electrons. The molecule has 3 N–H and O–H groups in total. The van der Waals surface area contributed by atoms with Crippen LogP contribution >= 0.6 is 0 Å². The Hall–Kier alpha value is -1.44. The third kappa shape index (κ3) is 3.13. The van der Waals surface area contributed by atoms with Crippen LogP contribution in [0.4, 0.5) is 0 Å². The third-order valence-corrected chi connectivity index (χ3v) is 6.67. The van der Waals surface area contributed by atoms with Crippen molar-refractivity contribution >= 4 is 15.9 Å². The minimum absolute atomic E-state index is 0.0256. The molecule has 1 saturated heterocycles. The molecule has 2 aliphatic rings. The molecule has 1 fully saturated rings. The molecule has 6 nitrogen and oxygen atoms in total. The highest BCUT2D eigenvalue weighted by Gasteiger charge is 2.32. The zero-order valence-corrected chi connectivity index (χ0v) is 14.1. The summed E-state index contributed by atoms with van der Waals surface area (Å²) in [7, 11) is -3.59. The molecule has 0 bridgehead atoms. The Morgan fingerprint density at radius 1 is 1.39 bits per heavy atom. The maximum atomic E-state index is 12.9. The monoisotopic (exact) mass is 337 g/mol. The summed E-state index contributed by atoms with van der Waals surface area (Å²) in [5.74, 6) is -0.0187. The minimum atomic E-state index is -3.59. The summed E-state index contributed by atoms with van der Waals surface area (Å²) >= 11 is 0. The second kappa shape index (κ2) is 6.22. The van der Waals surface area contributed by atoms with E-state index in [0.29, 0.717) is 25.2 Å². The number of sulfonamides is 1. The van der Waals surface area contributed by atoms with E-state index in [1.54, 1.807) is 12.1 Å². The fraction of sp³-hybridized carbons (Fsp3) is 0.562. The fourth-order valence-corrected chi connectivity index (χ4v) is 4.88. The normalized spacial score (nSPS) is 23.9. The fourth-order valence-electron chi connectivity index (χ4n) is 3.32. The van der Waals surface area contributed by atoms with Crippen molar-refractivity contribution < 1.29 is 13.2 Å². The first-order valence-corrected chi connectivity index (χ1v) is 9.50. The summed E-state index contributed by atoms with van der Waals surface area (Å²) in [5.41, 5.74) is 7.32. The number of nitrogens with two attached hydrogens (primary N) is 1. The topological polar surface area (TPSA) is 92.5 Å². The molecule has 126 valence electrons. The number of nitrogens with zero attached hydrogens (tertiary/aromatic N) is 1. The number of benzene rings is 1. The molecule has 0 spiro atoms. The highest BCUT2D eigenvalue weighted by atomic mass is 32.2. The number of carbonyl (C=O) groups excluding carboxylic acids is 1. The maximum absolute atomic E-state index is 12.9. The van der Waals surface area contributed by atoms with Gasteiger partial charge in [-0.15, -0.1) is 0 Å². The Morgan fingerprint density at radius 2 is 2.17 bits per heavy atom. The number of carbonyl (C=O) groups is 1. The predicted molar refractivity (Wildman–Crippen MR) is 87.6 cm³/mol. The SMILES string of the molecule is CC(N)C1CCCN(S(=O)(=O)c2ccc3c(c2)C(=O)NCC3)C1. The Bertz CT molecular complexity index is 715. The van der Waals surface area contributed by atoms with Gasteiger partial charge >= 0.3 is 0 Å². The molecule has 1 aromatic rings. The third-order valence-electron chi connectivity index (χ3n) is 4.81. The van der Waals surface area contributed by atoms with Gasteiger partial charge in [-0.1, -0.05) is 6.07 Å². The van der Waals surface area contributed by atoms with Crippen LogP contribution in [0, 0.1) is 5.92 Å². The Labute approximate surface area is 137 Å².